The van der Waals surface area contributed by atoms with Crippen molar-refractivity contribution in [3.63, 3.8) is 0 Å². The summed E-state index contributed by atoms with van der Waals surface area (Å²) in [5.74, 6) is -1.25. The number of rotatable bonds is 5. The zero-order valence-corrected chi connectivity index (χ0v) is 16.4. The SMILES string of the molecule is Cc1ccc(N(CC(=O)Nc2ccc(Br)cc2F)S(C)(=O)=O)cc1C. The number of nitrogens with one attached hydrogen (secondary N) is 1. The fraction of sp³-hybridized carbons (Fsp3) is 0.235. The maximum absolute atomic E-state index is 13.8. The normalized spacial score (nSPS) is 11.2. The molecule has 0 radical (unpaired) electrons. The van der Waals surface area contributed by atoms with E-state index >= 15 is 0 Å². The number of amides is 1. The summed E-state index contributed by atoms with van der Waals surface area (Å²) in [5.41, 5.74) is 2.29. The van der Waals surface area contributed by atoms with Gasteiger partial charge in [-0.15, -0.1) is 0 Å². The van der Waals surface area contributed by atoms with E-state index in [9.17, 15) is 17.6 Å². The molecule has 134 valence electrons. The maximum atomic E-state index is 13.8. The van der Waals surface area contributed by atoms with Crippen LogP contribution in [0.2, 0.25) is 0 Å². The lowest BCUT2D eigenvalue weighted by Crippen LogP contribution is -2.37. The van der Waals surface area contributed by atoms with Crippen molar-refractivity contribution in [2.45, 2.75) is 13.8 Å². The molecule has 0 bridgehead atoms. The van der Waals surface area contributed by atoms with Crippen molar-refractivity contribution in [1.82, 2.24) is 0 Å². The zero-order valence-electron chi connectivity index (χ0n) is 14.0. The molecule has 8 heteroatoms. The quantitative estimate of drug-likeness (QED) is 0.790. The molecule has 2 aromatic carbocycles. The largest absolute Gasteiger partial charge is 0.322 e. The number of nitrogens with zero attached hydrogens (tertiary/aromatic N) is 1. The van der Waals surface area contributed by atoms with E-state index in [1.54, 1.807) is 24.3 Å². The molecule has 0 aliphatic rings. The number of benzene rings is 2. The van der Waals surface area contributed by atoms with Gasteiger partial charge in [-0.05, 0) is 55.3 Å². The van der Waals surface area contributed by atoms with Gasteiger partial charge in [0.1, 0.15) is 12.4 Å². The van der Waals surface area contributed by atoms with Crippen molar-refractivity contribution in [2.75, 3.05) is 22.4 Å². The second-order valence-electron chi connectivity index (χ2n) is 5.71. The summed E-state index contributed by atoms with van der Waals surface area (Å²) in [7, 11) is -3.68. The second-order valence-corrected chi connectivity index (χ2v) is 8.53. The molecule has 5 nitrogen and oxygen atoms in total. The van der Waals surface area contributed by atoms with Crippen molar-refractivity contribution in [3.8, 4) is 0 Å². The zero-order chi connectivity index (χ0) is 18.8. The van der Waals surface area contributed by atoms with Crippen LogP contribution in [-0.2, 0) is 14.8 Å². The van der Waals surface area contributed by atoms with Crippen LogP contribution < -0.4 is 9.62 Å². The topological polar surface area (TPSA) is 66.5 Å². The van der Waals surface area contributed by atoms with Crippen LogP contribution in [0.3, 0.4) is 0 Å². The third-order valence-electron chi connectivity index (χ3n) is 3.67. The summed E-state index contributed by atoms with van der Waals surface area (Å²) in [6, 6.07) is 9.32. The number of hydrogen-bond donors (Lipinski definition) is 1. The molecule has 0 heterocycles. The van der Waals surface area contributed by atoms with Gasteiger partial charge >= 0.3 is 0 Å². The van der Waals surface area contributed by atoms with Crippen LogP contribution in [0, 0.1) is 19.7 Å². The van der Waals surface area contributed by atoms with E-state index < -0.39 is 28.3 Å². The van der Waals surface area contributed by atoms with Gasteiger partial charge in [-0.25, -0.2) is 12.8 Å². The lowest BCUT2D eigenvalue weighted by Gasteiger charge is -2.22. The molecular formula is C17H18BrFN2O3S. The minimum Gasteiger partial charge on any atom is -0.322 e. The van der Waals surface area contributed by atoms with E-state index in [4.69, 9.17) is 0 Å². The molecule has 0 aromatic heterocycles. The van der Waals surface area contributed by atoms with Crippen molar-refractivity contribution in [2.24, 2.45) is 0 Å². The van der Waals surface area contributed by atoms with Gasteiger partial charge in [0.2, 0.25) is 15.9 Å². The van der Waals surface area contributed by atoms with E-state index in [1.807, 2.05) is 13.8 Å². The Morgan fingerprint density at radius 2 is 1.84 bits per heavy atom. The first-order chi connectivity index (χ1) is 11.6. The Bertz CT molecular complexity index is 916. The van der Waals surface area contributed by atoms with Crippen LogP contribution in [-0.4, -0.2) is 27.1 Å². The lowest BCUT2D eigenvalue weighted by molar-refractivity contribution is -0.114. The van der Waals surface area contributed by atoms with Gasteiger partial charge in [-0.2, -0.15) is 0 Å². The molecule has 0 spiro atoms. The Labute approximate surface area is 155 Å². The first-order valence-electron chi connectivity index (χ1n) is 7.38. The van der Waals surface area contributed by atoms with Gasteiger partial charge < -0.3 is 5.32 Å². The minimum atomic E-state index is -3.68. The van der Waals surface area contributed by atoms with Gasteiger partial charge in [0.15, 0.2) is 0 Å². The molecule has 0 saturated heterocycles. The number of anilines is 2. The average Bonchev–Trinajstić information content (AvgIpc) is 2.49. The van der Waals surface area contributed by atoms with Gasteiger partial charge in [-0.1, -0.05) is 22.0 Å². The van der Waals surface area contributed by atoms with Gasteiger partial charge in [0.05, 0.1) is 17.6 Å². The smallest absolute Gasteiger partial charge is 0.245 e. The summed E-state index contributed by atoms with van der Waals surface area (Å²) in [6.07, 6.45) is 1.02. The van der Waals surface area contributed by atoms with Crippen molar-refractivity contribution in [3.05, 3.63) is 57.8 Å². The van der Waals surface area contributed by atoms with E-state index in [0.29, 0.717) is 10.2 Å². The highest BCUT2D eigenvalue weighted by atomic mass is 79.9. The second kappa shape index (κ2) is 7.53. The molecule has 0 unspecified atom stereocenters. The van der Waals surface area contributed by atoms with E-state index in [1.165, 1.54) is 12.1 Å². The lowest BCUT2D eigenvalue weighted by atomic mass is 10.1. The van der Waals surface area contributed by atoms with Crippen molar-refractivity contribution in [1.29, 1.82) is 0 Å². The summed E-state index contributed by atoms with van der Waals surface area (Å²) in [4.78, 5) is 12.2. The summed E-state index contributed by atoms with van der Waals surface area (Å²) in [5, 5.41) is 2.39. The molecule has 1 N–H and O–H groups in total. The van der Waals surface area contributed by atoms with Crippen molar-refractivity contribution >= 4 is 43.2 Å². The van der Waals surface area contributed by atoms with E-state index in [0.717, 1.165) is 21.7 Å². The molecule has 0 aliphatic heterocycles. The number of sulfonamides is 1. The highest BCUT2D eigenvalue weighted by Gasteiger charge is 2.21. The van der Waals surface area contributed by atoms with Gasteiger partial charge in [0, 0.05) is 4.47 Å². The predicted molar refractivity (Wildman–Crippen MR) is 101 cm³/mol. The fourth-order valence-electron chi connectivity index (χ4n) is 2.19. The maximum Gasteiger partial charge on any atom is 0.245 e. The monoisotopic (exact) mass is 428 g/mol. The minimum absolute atomic E-state index is 0.0123. The van der Waals surface area contributed by atoms with E-state index in [-0.39, 0.29) is 5.69 Å². The fourth-order valence-corrected chi connectivity index (χ4v) is 3.37. The van der Waals surface area contributed by atoms with Crippen LogP contribution in [0.4, 0.5) is 15.8 Å². The molecule has 1 amide bonds. The first-order valence-corrected chi connectivity index (χ1v) is 10.0. The van der Waals surface area contributed by atoms with Crippen LogP contribution in [0.1, 0.15) is 11.1 Å². The standard InChI is InChI=1S/C17H18BrFN2O3S/c1-11-4-6-14(8-12(11)2)21(25(3,23)24)10-17(22)20-16-7-5-13(18)9-15(16)19/h4-9H,10H2,1-3H3,(H,20,22). The van der Waals surface area contributed by atoms with Crippen LogP contribution in [0.15, 0.2) is 40.9 Å². The highest BCUT2D eigenvalue weighted by molar-refractivity contribution is 9.10. The highest BCUT2D eigenvalue weighted by Crippen LogP contribution is 2.22. The number of aryl methyl sites for hydroxylation is 2. The van der Waals surface area contributed by atoms with Crippen LogP contribution >= 0.6 is 15.9 Å². The molecule has 0 aliphatic carbocycles. The molecule has 0 saturated carbocycles. The molecular weight excluding hydrogens is 411 g/mol. The Morgan fingerprint density at radius 3 is 2.40 bits per heavy atom. The molecule has 0 atom stereocenters. The van der Waals surface area contributed by atoms with E-state index in [2.05, 4.69) is 21.2 Å². The summed E-state index contributed by atoms with van der Waals surface area (Å²) in [6.45, 7) is 3.32. The Morgan fingerprint density at radius 1 is 1.16 bits per heavy atom. The predicted octanol–water partition coefficient (Wildman–Crippen LogP) is 3.61. The Kier molecular flexibility index (Phi) is 5.84. The van der Waals surface area contributed by atoms with Crippen LogP contribution in [0.25, 0.3) is 0 Å². The van der Waals surface area contributed by atoms with Crippen LogP contribution in [0.5, 0.6) is 0 Å². The number of carbonyl (C=O) groups excluding carboxylic acids is 1. The third kappa shape index (κ3) is 5.02. The molecule has 2 aromatic rings. The number of hydrogen-bond acceptors (Lipinski definition) is 3. The third-order valence-corrected chi connectivity index (χ3v) is 5.31. The average molecular weight is 429 g/mol. The van der Waals surface area contributed by atoms with Gasteiger partial charge in [-0.3, -0.25) is 9.10 Å². The molecule has 2 rings (SSSR count). The summed E-state index contributed by atoms with van der Waals surface area (Å²) < 4.78 is 39.5. The first kappa shape index (κ1) is 19.4. The Hall–Kier alpha value is -1.93. The summed E-state index contributed by atoms with van der Waals surface area (Å²) >= 11 is 3.13. The van der Waals surface area contributed by atoms with Gasteiger partial charge in [0.25, 0.3) is 0 Å². The Balaban J connectivity index is 2.25. The molecule has 25 heavy (non-hydrogen) atoms. The molecule has 0 fully saturated rings. The van der Waals surface area contributed by atoms with Crippen molar-refractivity contribution < 1.29 is 17.6 Å². The number of carbonyl (C=O) groups is 1. The number of halogens is 2.